The van der Waals surface area contributed by atoms with Crippen LogP contribution in [0.5, 0.6) is 0 Å². The molecule has 138 valence electrons. The third-order valence-electron chi connectivity index (χ3n) is 5.49. The fourth-order valence-electron chi connectivity index (χ4n) is 3.86. The Labute approximate surface area is 151 Å². The number of aliphatic hydroxyl groups is 1. The van der Waals surface area contributed by atoms with E-state index in [9.17, 15) is 9.90 Å². The standard InChI is InChI=1S/C18H23N5O3/c24-16-2-1-11-26-18(16)7-9-22(10-8-18)17(25)12-14-3-5-15(6-4-14)23-13-19-20-21-23/h3-6,13,16,24H,1-2,7-12H2. The third-order valence-corrected chi connectivity index (χ3v) is 5.49. The Morgan fingerprint density at radius 2 is 2.04 bits per heavy atom. The first-order valence-corrected chi connectivity index (χ1v) is 9.08. The number of piperidine rings is 1. The number of aromatic nitrogens is 4. The molecule has 0 saturated carbocycles. The zero-order valence-electron chi connectivity index (χ0n) is 14.6. The minimum Gasteiger partial charge on any atom is -0.390 e. The Hall–Kier alpha value is -2.32. The predicted molar refractivity (Wildman–Crippen MR) is 92.6 cm³/mol. The minimum absolute atomic E-state index is 0.111. The maximum atomic E-state index is 12.6. The van der Waals surface area contributed by atoms with Crippen LogP contribution in [0.3, 0.4) is 0 Å². The van der Waals surface area contributed by atoms with Gasteiger partial charge in [-0.2, -0.15) is 0 Å². The van der Waals surface area contributed by atoms with Crippen LogP contribution in [0, 0.1) is 0 Å². The summed E-state index contributed by atoms with van der Waals surface area (Å²) in [6, 6.07) is 7.65. The molecule has 2 saturated heterocycles. The van der Waals surface area contributed by atoms with Gasteiger partial charge in [0.15, 0.2) is 0 Å². The van der Waals surface area contributed by atoms with Gasteiger partial charge in [0.1, 0.15) is 6.33 Å². The molecule has 4 rings (SSSR count). The highest BCUT2D eigenvalue weighted by Crippen LogP contribution is 2.35. The highest BCUT2D eigenvalue weighted by Gasteiger charge is 2.44. The van der Waals surface area contributed by atoms with Gasteiger partial charge in [-0.1, -0.05) is 12.1 Å². The van der Waals surface area contributed by atoms with Crippen molar-refractivity contribution in [2.75, 3.05) is 19.7 Å². The van der Waals surface area contributed by atoms with Gasteiger partial charge in [-0.3, -0.25) is 4.79 Å². The summed E-state index contributed by atoms with van der Waals surface area (Å²) in [5, 5.41) is 21.4. The van der Waals surface area contributed by atoms with Crippen LogP contribution in [-0.2, 0) is 16.0 Å². The van der Waals surface area contributed by atoms with Gasteiger partial charge >= 0.3 is 0 Å². The van der Waals surface area contributed by atoms with Gasteiger partial charge in [-0.25, -0.2) is 4.68 Å². The van der Waals surface area contributed by atoms with Crippen LogP contribution in [0.25, 0.3) is 5.69 Å². The summed E-state index contributed by atoms with van der Waals surface area (Å²) in [5.41, 5.74) is 1.37. The molecular formula is C18H23N5O3. The Balaban J connectivity index is 1.34. The van der Waals surface area contributed by atoms with Crippen LogP contribution in [-0.4, -0.2) is 67.5 Å². The van der Waals surface area contributed by atoms with Crippen molar-refractivity contribution in [1.29, 1.82) is 0 Å². The molecule has 1 atom stereocenters. The van der Waals surface area contributed by atoms with Crippen LogP contribution in [0.15, 0.2) is 30.6 Å². The lowest BCUT2D eigenvalue weighted by Gasteiger charge is -2.46. The molecule has 0 radical (unpaired) electrons. The second-order valence-electron chi connectivity index (χ2n) is 7.05. The summed E-state index contributed by atoms with van der Waals surface area (Å²) in [7, 11) is 0. The number of benzene rings is 1. The number of aliphatic hydroxyl groups excluding tert-OH is 1. The first-order valence-electron chi connectivity index (χ1n) is 9.08. The molecule has 8 nitrogen and oxygen atoms in total. The number of ether oxygens (including phenoxy) is 1. The van der Waals surface area contributed by atoms with Crippen molar-refractivity contribution in [3.05, 3.63) is 36.2 Å². The number of rotatable bonds is 3. The highest BCUT2D eigenvalue weighted by molar-refractivity contribution is 5.79. The van der Waals surface area contributed by atoms with Crippen LogP contribution in [0.1, 0.15) is 31.2 Å². The number of carbonyl (C=O) groups excluding carboxylic acids is 1. The second kappa shape index (κ2) is 7.13. The normalized spacial score (nSPS) is 22.5. The third kappa shape index (κ3) is 3.34. The number of hydrogen-bond donors (Lipinski definition) is 1. The summed E-state index contributed by atoms with van der Waals surface area (Å²) in [5.74, 6) is 0.111. The summed E-state index contributed by atoms with van der Waals surface area (Å²) in [6.07, 6.45) is 4.61. The van der Waals surface area contributed by atoms with E-state index in [1.54, 1.807) is 4.68 Å². The number of nitrogens with zero attached hydrogens (tertiary/aromatic N) is 5. The van der Waals surface area contributed by atoms with Gasteiger partial charge in [0.05, 0.1) is 23.8 Å². The summed E-state index contributed by atoms with van der Waals surface area (Å²) < 4.78 is 7.48. The second-order valence-corrected chi connectivity index (χ2v) is 7.05. The van der Waals surface area contributed by atoms with Crippen LogP contribution >= 0.6 is 0 Å². The maximum Gasteiger partial charge on any atom is 0.226 e. The Morgan fingerprint density at radius 1 is 1.27 bits per heavy atom. The van der Waals surface area contributed by atoms with E-state index in [1.165, 1.54) is 6.33 Å². The smallest absolute Gasteiger partial charge is 0.226 e. The first-order chi connectivity index (χ1) is 12.7. The van der Waals surface area contributed by atoms with E-state index in [4.69, 9.17) is 4.74 Å². The van der Waals surface area contributed by atoms with Gasteiger partial charge in [-0.05, 0) is 53.8 Å². The molecule has 0 bridgehead atoms. The Kier molecular flexibility index (Phi) is 4.69. The fraction of sp³-hybridized carbons (Fsp3) is 0.556. The van der Waals surface area contributed by atoms with Gasteiger partial charge in [0.25, 0.3) is 0 Å². The van der Waals surface area contributed by atoms with Gasteiger partial charge < -0.3 is 14.7 Å². The predicted octanol–water partition coefficient (Wildman–Crippen LogP) is 0.737. The Morgan fingerprint density at radius 3 is 2.69 bits per heavy atom. The number of amides is 1. The molecule has 2 aliphatic heterocycles. The monoisotopic (exact) mass is 357 g/mol. The first kappa shape index (κ1) is 17.1. The quantitative estimate of drug-likeness (QED) is 0.871. The summed E-state index contributed by atoms with van der Waals surface area (Å²) in [6.45, 7) is 1.98. The van der Waals surface area contributed by atoms with Gasteiger partial charge in [0, 0.05) is 19.7 Å². The van der Waals surface area contributed by atoms with E-state index in [0.29, 0.717) is 39.0 Å². The van der Waals surface area contributed by atoms with Crippen LogP contribution in [0.4, 0.5) is 0 Å². The fourth-order valence-corrected chi connectivity index (χ4v) is 3.86. The minimum atomic E-state index is -0.442. The molecule has 0 aliphatic carbocycles. The zero-order chi connectivity index (χ0) is 18.0. The van der Waals surface area contributed by atoms with E-state index < -0.39 is 11.7 Å². The van der Waals surface area contributed by atoms with Gasteiger partial charge in [-0.15, -0.1) is 5.10 Å². The average Bonchev–Trinajstić information content (AvgIpc) is 3.20. The molecule has 1 aromatic carbocycles. The molecule has 3 heterocycles. The van der Waals surface area contributed by atoms with Crippen molar-refractivity contribution in [2.24, 2.45) is 0 Å². The zero-order valence-corrected chi connectivity index (χ0v) is 14.6. The largest absolute Gasteiger partial charge is 0.390 e. The lowest BCUT2D eigenvalue weighted by molar-refractivity contribution is -0.179. The van der Waals surface area contributed by atoms with E-state index in [1.807, 2.05) is 29.2 Å². The number of carbonyl (C=O) groups is 1. The van der Waals surface area contributed by atoms with E-state index >= 15 is 0 Å². The van der Waals surface area contributed by atoms with Crippen molar-refractivity contribution in [1.82, 2.24) is 25.1 Å². The Bertz CT molecular complexity index is 739. The average molecular weight is 357 g/mol. The molecule has 1 unspecified atom stereocenters. The molecule has 1 aromatic heterocycles. The van der Waals surface area contributed by atoms with Crippen molar-refractivity contribution >= 4 is 5.91 Å². The van der Waals surface area contributed by atoms with Gasteiger partial charge in [0.2, 0.25) is 5.91 Å². The van der Waals surface area contributed by atoms with Crippen molar-refractivity contribution in [3.63, 3.8) is 0 Å². The lowest BCUT2D eigenvalue weighted by Crippen LogP contribution is -2.56. The van der Waals surface area contributed by atoms with E-state index in [2.05, 4.69) is 15.5 Å². The topological polar surface area (TPSA) is 93.4 Å². The molecule has 26 heavy (non-hydrogen) atoms. The lowest BCUT2D eigenvalue weighted by atomic mass is 9.82. The van der Waals surface area contributed by atoms with Crippen molar-refractivity contribution < 1.29 is 14.6 Å². The molecular weight excluding hydrogens is 334 g/mol. The summed E-state index contributed by atoms with van der Waals surface area (Å²) in [4.78, 5) is 14.5. The molecule has 1 amide bonds. The molecule has 2 aromatic rings. The van der Waals surface area contributed by atoms with E-state index in [0.717, 1.165) is 24.1 Å². The molecule has 2 fully saturated rings. The number of tetrazole rings is 1. The number of hydrogen-bond acceptors (Lipinski definition) is 6. The molecule has 8 heteroatoms. The SMILES string of the molecule is O=C(Cc1ccc(-n2cnnn2)cc1)N1CCC2(CC1)OCCCC2O. The van der Waals surface area contributed by atoms with Crippen molar-refractivity contribution in [2.45, 2.75) is 43.8 Å². The van der Waals surface area contributed by atoms with E-state index in [-0.39, 0.29) is 5.91 Å². The molecule has 2 aliphatic rings. The maximum absolute atomic E-state index is 12.6. The molecule has 1 spiro atoms. The molecule has 1 N–H and O–H groups in total. The van der Waals surface area contributed by atoms with Crippen molar-refractivity contribution in [3.8, 4) is 5.69 Å². The number of likely N-dealkylation sites (tertiary alicyclic amines) is 1. The summed E-state index contributed by atoms with van der Waals surface area (Å²) >= 11 is 0. The highest BCUT2D eigenvalue weighted by atomic mass is 16.5. The van der Waals surface area contributed by atoms with Crippen LogP contribution in [0.2, 0.25) is 0 Å². The van der Waals surface area contributed by atoms with Crippen LogP contribution < -0.4 is 0 Å².